The van der Waals surface area contributed by atoms with Crippen LogP contribution in [0, 0.1) is 29.1 Å². The molecule has 0 amide bonds. The molecule has 5 saturated carbocycles. The quantitative estimate of drug-likeness (QED) is 0.610. The summed E-state index contributed by atoms with van der Waals surface area (Å²) in [6.45, 7) is 0. The Kier molecular flexibility index (Phi) is 1.89. The van der Waals surface area contributed by atoms with Crippen LogP contribution in [-0.4, -0.2) is 3.23 Å². The summed E-state index contributed by atoms with van der Waals surface area (Å²) in [4.78, 5) is 0. The van der Waals surface area contributed by atoms with Gasteiger partial charge in [0.05, 0.1) is 3.23 Å². The Morgan fingerprint density at radius 3 is 1.47 bits per heavy atom. The van der Waals surface area contributed by atoms with Crippen molar-refractivity contribution in [3.8, 4) is 0 Å². The lowest BCUT2D eigenvalue weighted by molar-refractivity contribution is -0.0657. The maximum absolute atomic E-state index is 3.86. The van der Waals surface area contributed by atoms with Gasteiger partial charge >= 0.3 is 0 Å². The largest absolute Gasteiger partial charge is 0.0843 e. The van der Waals surface area contributed by atoms with Gasteiger partial charge in [-0.05, 0) is 74.0 Å². The van der Waals surface area contributed by atoms with Crippen LogP contribution in [0.5, 0.6) is 0 Å². The van der Waals surface area contributed by atoms with Gasteiger partial charge in [-0.25, -0.2) is 0 Å². The highest BCUT2D eigenvalue weighted by molar-refractivity contribution is 9.25. The third-order valence-electron chi connectivity index (χ3n) is 5.65. The van der Waals surface area contributed by atoms with Crippen LogP contribution in [0.15, 0.2) is 0 Å². The zero-order valence-corrected chi connectivity index (χ0v) is 12.2. The molecule has 2 heteroatoms. The molecule has 5 fully saturated rings. The molecule has 0 aromatic rings. The van der Waals surface area contributed by atoms with Gasteiger partial charge in [0.2, 0.25) is 0 Å². The van der Waals surface area contributed by atoms with Crippen molar-refractivity contribution in [2.24, 2.45) is 29.1 Å². The van der Waals surface area contributed by atoms with Crippen LogP contribution in [-0.2, 0) is 0 Å². The molecule has 5 aliphatic carbocycles. The first-order chi connectivity index (χ1) is 7.07. The number of alkyl halides is 2. The minimum absolute atomic E-state index is 0.339. The van der Waals surface area contributed by atoms with E-state index in [1.807, 2.05) is 0 Å². The summed E-state index contributed by atoms with van der Waals surface area (Å²) < 4.78 is 0.339. The lowest BCUT2D eigenvalue weighted by atomic mass is 9.48. The van der Waals surface area contributed by atoms with Crippen LogP contribution >= 0.6 is 31.9 Å². The van der Waals surface area contributed by atoms with Crippen LogP contribution in [0.25, 0.3) is 0 Å². The highest BCUT2D eigenvalue weighted by atomic mass is 79.9. The fraction of sp³-hybridized carbons (Fsp3) is 1.00. The van der Waals surface area contributed by atoms with Gasteiger partial charge in [0.1, 0.15) is 0 Å². The second-order valence-electron chi connectivity index (χ2n) is 6.80. The normalized spacial score (nSPS) is 59.6. The highest BCUT2D eigenvalue weighted by Gasteiger charge is 2.65. The molecule has 5 aliphatic rings. The van der Waals surface area contributed by atoms with E-state index in [4.69, 9.17) is 0 Å². The van der Waals surface area contributed by atoms with Gasteiger partial charge in [0.15, 0.2) is 0 Å². The lowest BCUT2D eigenvalue weighted by Crippen LogP contribution is -2.47. The molecule has 0 aromatic heterocycles. The minimum atomic E-state index is 0.339. The summed E-state index contributed by atoms with van der Waals surface area (Å²) >= 11 is 7.72. The van der Waals surface area contributed by atoms with Gasteiger partial charge < -0.3 is 0 Å². The SMILES string of the molecule is BrC1(Br)CC1C12CC3CC(CC(C3)C1)C2. The number of halogens is 2. The summed E-state index contributed by atoms with van der Waals surface area (Å²) in [6, 6.07) is 0. The first-order valence-corrected chi connectivity index (χ1v) is 8.04. The maximum atomic E-state index is 3.86. The predicted molar refractivity (Wildman–Crippen MR) is 69.3 cm³/mol. The first kappa shape index (κ1) is 9.94. The Morgan fingerprint density at radius 1 is 0.733 bits per heavy atom. The standard InChI is InChI=1S/C13H18Br2/c14-13(15)7-11(13)12-4-8-1-9(5-12)3-10(2-8)6-12/h8-11H,1-7H2. The van der Waals surface area contributed by atoms with E-state index in [9.17, 15) is 0 Å². The molecular formula is C13H18Br2. The fourth-order valence-corrected chi connectivity index (χ4v) is 7.10. The molecule has 0 nitrogen and oxygen atoms in total. The first-order valence-electron chi connectivity index (χ1n) is 6.45. The monoisotopic (exact) mass is 332 g/mol. The molecule has 0 aromatic carbocycles. The van der Waals surface area contributed by atoms with Crippen LogP contribution in [0.1, 0.15) is 44.9 Å². The summed E-state index contributed by atoms with van der Waals surface area (Å²) in [7, 11) is 0. The van der Waals surface area contributed by atoms with Gasteiger partial charge in [-0.2, -0.15) is 0 Å². The van der Waals surface area contributed by atoms with Crippen LogP contribution < -0.4 is 0 Å². The maximum Gasteiger partial charge on any atom is 0.0843 e. The van der Waals surface area contributed by atoms with Crippen molar-refractivity contribution in [3.63, 3.8) is 0 Å². The van der Waals surface area contributed by atoms with E-state index in [0.717, 1.165) is 29.1 Å². The topological polar surface area (TPSA) is 0 Å². The van der Waals surface area contributed by atoms with Crippen molar-refractivity contribution in [1.29, 1.82) is 0 Å². The molecule has 4 bridgehead atoms. The number of hydrogen-bond donors (Lipinski definition) is 0. The fourth-order valence-electron chi connectivity index (χ4n) is 5.48. The summed E-state index contributed by atoms with van der Waals surface area (Å²) in [5.74, 6) is 4.26. The lowest BCUT2D eigenvalue weighted by Gasteiger charge is -2.57. The van der Waals surface area contributed by atoms with Crippen LogP contribution in [0.3, 0.4) is 0 Å². The van der Waals surface area contributed by atoms with Gasteiger partial charge in [-0.1, -0.05) is 31.9 Å². The molecule has 0 heterocycles. The zero-order valence-electron chi connectivity index (χ0n) is 9.02. The molecule has 0 spiro atoms. The van der Waals surface area contributed by atoms with Crippen molar-refractivity contribution >= 4 is 31.9 Å². The van der Waals surface area contributed by atoms with Crippen LogP contribution in [0.2, 0.25) is 0 Å². The van der Waals surface area contributed by atoms with E-state index in [2.05, 4.69) is 31.9 Å². The second-order valence-corrected chi connectivity index (χ2v) is 10.7. The average Bonchev–Trinajstić information content (AvgIpc) is 2.73. The number of rotatable bonds is 1. The van der Waals surface area contributed by atoms with Crippen molar-refractivity contribution < 1.29 is 0 Å². The summed E-state index contributed by atoms with van der Waals surface area (Å²) in [6.07, 6.45) is 10.8. The minimum Gasteiger partial charge on any atom is -0.0724 e. The third kappa shape index (κ3) is 1.36. The summed E-state index contributed by atoms with van der Waals surface area (Å²) in [5, 5.41) is 0. The van der Waals surface area contributed by atoms with Crippen LogP contribution in [0.4, 0.5) is 0 Å². The Balaban J connectivity index is 1.67. The van der Waals surface area contributed by atoms with E-state index >= 15 is 0 Å². The van der Waals surface area contributed by atoms with Crippen molar-refractivity contribution in [1.82, 2.24) is 0 Å². The molecule has 1 atom stereocenters. The zero-order chi connectivity index (χ0) is 10.3. The Bertz CT molecular complexity index is 272. The van der Waals surface area contributed by atoms with E-state index in [1.54, 1.807) is 38.5 Å². The Hall–Kier alpha value is 0.960. The highest BCUT2D eigenvalue weighted by Crippen LogP contribution is 2.73. The molecule has 5 rings (SSSR count). The number of hydrogen-bond acceptors (Lipinski definition) is 0. The molecule has 1 unspecified atom stereocenters. The van der Waals surface area contributed by atoms with Crippen molar-refractivity contribution in [2.45, 2.75) is 48.2 Å². The second kappa shape index (κ2) is 2.85. The van der Waals surface area contributed by atoms with Gasteiger partial charge in [0.25, 0.3) is 0 Å². The molecule has 15 heavy (non-hydrogen) atoms. The molecular weight excluding hydrogens is 316 g/mol. The third-order valence-corrected chi connectivity index (χ3v) is 7.40. The van der Waals surface area contributed by atoms with Gasteiger partial charge in [-0.3, -0.25) is 0 Å². The smallest absolute Gasteiger partial charge is 0.0724 e. The molecule has 0 aliphatic heterocycles. The Labute approximate surface area is 109 Å². The average molecular weight is 334 g/mol. The Morgan fingerprint density at radius 2 is 1.13 bits per heavy atom. The van der Waals surface area contributed by atoms with Crippen molar-refractivity contribution in [2.75, 3.05) is 0 Å². The van der Waals surface area contributed by atoms with E-state index in [-0.39, 0.29) is 0 Å². The molecule has 0 saturated heterocycles. The van der Waals surface area contributed by atoms with Gasteiger partial charge in [0, 0.05) is 0 Å². The van der Waals surface area contributed by atoms with E-state index in [1.165, 1.54) is 6.42 Å². The summed E-state index contributed by atoms with van der Waals surface area (Å²) in [5.41, 5.74) is 0.752. The predicted octanol–water partition coefficient (Wildman–Crippen LogP) is 4.71. The van der Waals surface area contributed by atoms with E-state index < -0.39 is 0 Å². The van der Waals surface area contributed by atoms with E-state index in [0.29, 0.717) is 3.23 Å². The van der Waals surface area contributed by atoms with Gasteiger partial charge in [-0.15, -0.1) is 0 Å². The molecule has 0 radical (unpaired) electrons. The molecule has 84 valence electrons. The molecule has 0 N–H and O–H groups in total. The van der Waals surface area contributed by atoms with Crippen molar-refractivity contribution in [3.05, 3.63) is 0 Å².